The molecule has 29 heavy (non-hydrogen) atoms. The molecule has 3 heterocycles. The maximum absolute atomic E-state index is 12.4. The molecule has 2 aliphatic rings. The molecule has 0 saturated carbocycles. The van der Waals surface area contributed by atoms with Crippen molar-refractivity contribution in [2.45, 2.75) is 18.9 Å². The first-order valence-corrected chi connectivity index (χ1v) is 10.2. The van der Waals surface area contributed by atoms with Crippen LogP contribution in [0.1, 0.15) is 12.8 Å². The summed E-state index contributed by atoms with van der Waals surface area (Å²) in [6.45, 7) is 4.44. The zero-order valence-corrected chi connectivity index (χ0v) is 16.5. The predicted molar refractivity (Wildman–Crippen MR) is 110 cm³/mol. The van der Waals surface area contributed by atoms with Crippen LogP contribution in [0.4, 0.5) is 11.6 Å². The summed E-state index contributed by atoms with van der Waals surface area (Å²) in [7, 11) is 0. The molecule has 2 saturated heterocycles. The van der Waals surface area contributed by atoms with Gasteiger partial charge in [-0.05, 0) is 37.1 Å². The molecular formula is C21H27N5O3. The van der Waals surface area contributed by atoms with E-state index in [2.05, 4.69) is 20.4 Å². The lowest BCUT2D eigenvalue weighted by molar-refractivity contribution is -0.133. The molecule has 8 heteroatoms. The zero-order chi connectivity index (χ0) is 19.9. The zero-order valence-electron chi connectivity index (χ0n) is 16.5. The van der Waals surface area contributed by atoms with Gasteiger partial charge in [0.1, 0.15) is 11.6 Å². The van der Waals surface area contributed by atoms with Crippen molar-refractivity contribution in [1.82, 2.24) is 15.1 Å². The highest BCUT2D eigenvalue weighted by molar-refractivity contribution is 5.78. The van der Waals surface area contributed by atoms with Gasteiger partial charge in [-0.1, -0.05) is 18.2 Å². The fraction of sp³-hybridized carbons (Fsp3) is 0.476. The molecule has 1 atom stereocenters. The van der Waals surface area contributed by atoms with Crippen molar-refractivity contribution in [3.05, 3.63) is 42.5 Å². The lowest BCUT2D eigenvalue weighted by Crippen LogP contribution is -2.50. The molecule has 154 valence electrons. The quantitative estimate of drug-likeness (QED) is 0.763. The van der Waals surface area contributed by atoms with Gasteiger partial charge < -0.3 is 24.6 Å². The van der Waals surface area contributed by atoms with Crippen LogP contribution in [0.3, 0.4) is 0 Å². The number of benzene rings is 1. The van der Waals surface area contributed by atoms with Crippen molar-refractivity contribution in [3.8, 4) is 5.75 Å². The Morgan fingerprint density at radius 1 is 1.10 bits per heavy atom. The van der Waals surface area contributed by atoms with E-state index in [0.29, 0.717) is 18.8 Å². The topological polar surface area (TPSA) is 79.8 Å². The largest absolute Gasteiger partial charge is 0.484 e. The first-order chi connectivity index (χ1) is 14.3. The summed E-state index contributed by atoms with van der Waals surface area (Å²) in [5.74, 6) is 2.31. The molecule has 1 N–H and O–H groups in total. The summed E-state index contributed by atoms with van der Waals surface area (Å²) in [4.78, 5) is 16.4. The van der Waals surface area contributed by atoms with Crippen LogP contribution < -0.4 is 15.0 Å². The number of nitrogens with one attached hydrogen (secondary N) is 1. The number of piperazine rings is 1. The number of hydrogen-bond acceptors (Lipinski definition) is 7. The molecule has 0 aliphatic carbocycles. The second kappa shape index (κ2) is 9.56. The number of para-hydroxylation sites is 1. The van der Waals surface area contributed by atoms with E-state index in [1.165, 1.54) is 0 Å². The Hall–Kier alpha value is -2.87. The second-order valence-electron chi connectivity index (χ2n) is 7.26. The van der Waals surface area contributed by atoms with E-state index in [4.69, 9.17) is 9.47 Å². The van der Waals surface area contributed by atoms with E-state index in [1.54, 1.807) is 0 Å². The molecule has 1 aromatic heterocycles. The first kappa shape index (κ1) is 19.4. The van der Waals surface area contributed by atoms with Gasteiger partial charge in [0.15, 0.2) is 12.4 Å². The van der Waals surface area contributed by atoms with Crippen LogP contribution >= 0.6 is 0 Å². The van der Waals surface area contributed by atoms with Gasteiger partial charge in [0, 0.05) is 39.3 Å². The summed E-state index contributed by atoms with van der Waals surface area (Å²) in [6.07, 6.45) is 2.50. The minimum Gasteiger partial charge on any atom is -0.484 e. The molecule has 0 radical (unpaired) electrons. The lowest BCUT2D eigenvalue weighted by atomic mass is 10.2. The first-order valence-electron chi connectivity index (χ1n) is 10.2. The highest BCUT2D eigenvalue weighted by atomic mass is 16.5. The molecular weight excluding hydrogens is 370 g/mol. The molecule has 1 aromatic carbocycles. The van der Waals surface area contributed by atoms with Crippen LogP contribution in [0, 0.1) is 0 Å². The van der Waals surface area contributed by atoms with Crippen LogP contribution in [0.25, 0.3) is 0 Å². The van der Waals surface area contributed by atoms with E-state index < -0.39 is 0 Å². The number of carbonyl (C=O) groups is 1. The summed E-state index contributed by atoms with van der Waals surface area (Å²) in [6, 6.07) is 13.3. The average molecular weight is 397 g/mol. The van der Waals surface area contributed by atoms with Crippen molar-refractivity contribution in [3.63, 3.8) is 0 Å². The normalized spacial score (nSPS) is 19.2. The maximum atomic E-state index is 12.4. The fourth-order valence-electron chi connectivity index (χ4n) is 3.55. The summed E-state index contributed by atoms with van der Waals surface area (Å²) in [5, 5.41) is 11.9. The van der Waals surface area contributed by atoms with Crippen LogP contribution in [0.15, 0.2) is 42.5 Å². The second-order valence-corrected chi connectivity index (χ2v) is 7.26. The number of nitrogens with zero attached hydrogens (tertiary/aromatic N) is 4. The van der Waals surface area contributed by atoms with E-state index in [0.717, 1.165) is 50.7 Å². The van der Waals surface area contributed by atoms with Gasteiger partial charge in [0.2, 0.25) is 0 Å². The van der Waals surface area contributed by atoms with Crippen molar-refractivity contribution in [2.24, 2.45) is 0 Å². The minimum atomic E-state index is 0.00765. The van der Waals surface area contributed by atoms with E-state index in [1.807, 2.05) is 47.4 Å². The van der Waals surface area contributed by atoms with Crippen LogP contribution in [-0.4, -0.2) is 73.0 Å². The Balaban J connectivity index is 1.21. The number of anilines is 2. The van der Waals surface area contributed by atoms with Crippen molar-refractivity contribution in [1.29, 1.82) is 0 Å². The summed E-state index contributed by atoms with van der Waals surface area (Å²) < 4.78 is 11.2. The van der Waals surface area contributed by atoms with Gasteiger partial charge in [0.25, 0.3) is 5.91 Å². The van der Waals surface area contributed by atoms with Gasteiger partial charge in [-0.25, -0.2) is 0 Å². The number of rotatable bonds is 7. The minimum absolute atomic E-state index is 0.00765. The number of amides is 1. The average Bonchev–Trinajstić information content (AvgIpc) is 3.31. The SMILES string of the molecule is O=C(COc1ccccc1)N1CCN(c2ccc(NCC3CCCO3)nn2)CC1. The lowest BCUT2D eigenvalue weighted by Gasteiger charge is -2.35. The molecule has 1 amide bonds. The Morgan fingerprint density at radius 3 is 2.62 bits per heavy atom. The van der Waals surface area contributed by atoms with Gasteiger partial charge in [-0.3, -0.25) is 4.79 Å². The summed E-state index contributed by atoms with van der Waals surface area (Å²) >= 11 is 0. The standard InChI is InChI=1S/C21H27N5O3/c27-21(16-29-17-5-2-1-3-6-17)26-12-10-25(11-13-26)20-9-8-19(23-24-20)22-15-18-7-4-14-28-18/h1-3,5-6,8-9,18H,4,7,10-16H2,(H,22,23). The van der Waals surface area contributed by atoms with Crippen molar-refractivity contribution < 1.29 is 14.3 Å². The number of carbonyl (C=O) groups excluding carboxylic acids is 1. The number of hydrogen-bond donors (Lipinski definition) is 1. The van der Waals surface area contributed by atoms with E-state index in [9.17, 15) is 4.79 Å². The molecule has 4 rings (SSSR count). The highest BCUT2D eigenvalue weighted by Crippen LogP contribution is 2.16. The third kappa shape index (κ3) is 5.35. The van der Waals surface area contributed by atoms with Crippen molar-refractivity contribution in [2.75, 3.05) is 56.2 Å². The van der Waals surface area contributed by atoms with E-state index in [-0.39, 0.29) is 18.6 Å². The van der Waals surface area contributed by atoms with Crippen LogP contribution in [0.2, 0.25) is 0 Å². The predicted octanol–water partition coefficient (Wildman–Crippen LogP) is 1.80. The molecule has 2 fully saturated rings. The molecule has 1 unspecified atom stereocenters. The molecule has 2 aliphatic heterocycles. The highest BCUT2D eigenvalue weighted by Gasteiger charge is 2.22. The summed E-state index contributed by atoms with van der Waals surface area (Å²) in [5.41, 5.74) is 0. The van der Waals surface area contributed by atoms with Gasteiger partial charge in [0.05, 0.1) is 6.10 Å². The Bertz CT molecular complexity index is 773. The van der Waals surface area contributed by atoms with Crippen LogP contribution in [-0.2, 0) is 9.53 Å². The van der Waals surface area contributed by atoms with Crippen molar-refractivity contribution >= 4 is 17.5 Å². The Kier molecular flexibility index (Phi) is 6.41. The third-order valence-corrected chi connectivity index (χ3v) is 5.25. The molecule has 2 aromatic rings. The Labute approximate surface area is 170 Å². The fourth-order valence-corrected chi connectivity index (χ4v) is 3.55. The van der Waals surface area contributed by atoms with Gasteiger partial charge >= 0.3 is 0 Å². The maximum Gasteiger partial charge on any atom is 0.260 e. The molecule has 0 bridgehead atoms. The smallest absolute Gasteiger partial charge is 0.260 e. The van der Waals surface area contributed by atoms with Gasteiger partial charge in [-0.15, -0.1) is 10.2 Å². The Morgan fingerprint density at radius 2 is 1.93 bits per heavy atom. The third-order valence-electron chi connectivity index (χ3n) is 5.25. The number of aromatic nitrogens is 2. The molecule has 8 nitrogen and oxygen atoms in total. The molecule has 0 spiro atoms. The van der Waals surface area contributed by atoms with E-state index >= 15 is 0 Å². The van der Waals surface area contributed by atoms with Gasteiger partial charge in [-0.2, -0.15) is 0 Å². The number of ether oxygens (including phenoxy) is 2. The van der Waals surface area contributed by atoms with Crippen LogP contribution in [0.5, 0.6) is 5.75 Å². The monoisotopic (exact) mass is 397 g/mol.